The van der Waals surface area contributed by atoms with Gasteiger partial charge in [0.15, 0.2) is 5.69 Å². The Morgan fingerprint density at radius 3 is 2.48 bits per heavy atom. The van der Waals surface area contributed by atoms with Crippen LogP contribution in [0.1, 0.15) is 21.7 Å². The predicted octanol–water partition coefficient (Wildman–Crippen LogP) is 3.71. The van der Waals surface area contributed by atoms with Gasteiger partial charge in [-0.25, -0.2) is 0 Å². The van der Waals surface area contributed by atoms with E-state index in [1.165, 1.54) is 6.07 Å². The van der Waals surface area contributed by atoms with Gasteiger partial charge < -0.3 is 5.32 Å². The van der Waals surface area contributed by atoms with Gasteiger partial charge in [-0.3, -0.25) is 4.79 Å². The molecule has 0 aliphatic rings. The number of aryl methyl sites for hydroxylation is 1. The second-order valence-electron chi connectivity index (χ2n) is 4.21. The first-order valence-electron chi connectivity index (χ1n) is 5.76. The maximum absolute atomic E-state index is 12.6. The van der Waals surface area contributed by atoms with Crippen molar-refractivity contribution in [2.24, 2.45) is 0 Å². The Kier molecular flexibility index (Phi) is 4.13. The van der Waals surface area contributed by atoms with Gasteiger partial charge in [-0.05, 0) is 37.3 Å². The summed E-state index contributed by atoms with van der Waals surface area (Å²) in [7, 11) is 0. The third kappa shape index (κ3) is 3.69. The number of aromatic nitrogens is 2. The van der Waals surface area contributed by atoms with Crippen molar-refractivity contribution in [3.63, 3.8) is 0 Å². The Balaban J connectivity index is 2.26. The number of anilines is 1. The van der Waals surface area contributed by atoms with Crippen LogP contribution in [0.25, 0.3) is 0 Å². The second kappa shape index (κ2) is 5.69. The standard InChI is InChI=1S/C13H9ClF3N3O/c1-7-2-5-10(20-19-7)12(21)18-11-6-8(13(15,16)17)3-4-9(11)14/h2-6H,1H3,(H,18,21). The van der Waals surface area contributed by atoms with Crippen molar-refractivity contribution in [1.29, 1.82) is 0 Å². The van der Waals surface area contributed by atoms with Crippen LogP contribution in [0.2, 0.25) is 5.02 Å². The van der Waals surface area contributed by atoms with Crippen molar-refractivity contribution in [3.8, 4) is 0 Å². The summed E-state index contributed by atoms with van der Waals surface area (Å²) in [4.78, 5) is 11.9. The Hall–Kier alpha value is -2.15. The zero-order chi connectivity index (χ0) is 15.6. The van der Waals surface area contributed by atoms with E-state index in [-0.39, 0.29) is 16.4 Å². The predicted molar refractivity (Wildman–Crippen MR) is 71.2 cm³/mol. The number of nitrogens with zero attached hydrogens (tertiary/aromatic N) is 2. The highest BCUT2D eigenvalue weighted by Gasteiger charge is 2.31. The van der Waals surface area contributed by atoms with Crippen LogP contribution >= 0.6 is 11.6 Å². The Morgan fingerprint density at radius 2 is 1.90 bits per heavy atom. The van der Waals surface area contributed by atoms with Crippen LogP contribution < -0.4 is 5.32 Å². The molecule has 0 radical (unpaired) electrons. The minimum atomic E-state index is -4.52. The Morgan fingerprint density at radius 1 is 1.19 bits per heavy atom. The van der Waals surface area contributed by atoms with Gasteiger partial charge in [0.2, 0.25) is 0 Å². The Bertz CT molecular complexity index is 671. The fourth-order valence-electron chi connectivity index (χ4n) is 1.50. The summed E-state index contributed by atoms with van der Waals surface area (Å²) < 4.78 is 37.9. The van der Waals surface area contributed by atoms with E-state index < -0.39 is 17.6 Å². The molecule has 0 aliphatic heterocycles. The number of hydrogen-bond donors (Lipinski definition) is 1. The first-order valence-corrected chi connectivity index (χ1v) is 6.13. The molecule has 2 rings (SSSR count). The second-order valence-corrected chi connectivity index (χ2v) is 4.61. The third-order valence-electron chi connectivity index (χ3n) is 2.57. The molecule has 0 aliphatic carbocycles. The molecule has 0 bridgehead atoms. The molecule has 1 aromatic heterocycles. The van der Waals surface area contributed by atoms with Crippen LogP contribution in [0.15, 0.2) is 30.3 Å². The monoisotopic (exact) mass is 315 g/mol. The summed E-state index contributed by atoms with van der Waals surface area (Å²) >= 11 is 5.78. The lowest BCUT2D eigenvalue weighted by molar-refractivity contribution is -0.137. The van der Waals surface area contributed by atoms with Gasteiger partial charge in [-0.15, -0.1) is 5.10 Å². The summed E-state index contributed by atoms with van der Waals surface area (Å²) in [5.41, 5.74) is -0.450. The van der Waals surface area contributed by atoms with Crippen molar-refractivity contribution >= 4 is 23.2 Å². The summed E-state index contributed by atoms with van der Waals surface area (Å²) in [5.74, 6) is -0.691. The highest BCUT2D eigenvalue weighted by atomic mass is 35.5. The molecular formula is C13H9ClF3N3O. The quantitative estimate of drug-likeness (QED) is 0.919. The summed E-state index contributed by atoms with van der Waals surface area (Å²) in [6.07, 6.45) is -4.52. The average molecular weight is 316 g/mol. The number of nitrogens with one attached hydrogen (secondary N) is 1. The molecule has 1 amide bonds. The van der Waals surface area contributed by atoms with E-state index in [1.807, 2.05) is 0 Å². The Labute approximate surface area is 123 Å². The molecule has 0 spiro atoms. The van der Waals surface area contributed by atoms with Gasteiger partial charge in [-0.2, -0.15) is 18.3 Å². The van der Waals surface area contributed by atoms with Crippen molar-refractivity contribution in [2.45, 2.75) is 13.1 Å². The van der Waals surface area contributed by atoms with E-state index >= 15 is 0 Å². The maximum Gasteiger partial charge on any atom is 0.416 e. The normalized spacial score (nSPS) is 11.3. The van der Waals surface area contributed by atoms with Crippen LogP contribution in [0.3, 0.4) is 0 Å². The number of carbonyl (C=O) groups is 1. The largest absolute Gasteiger partial charge is 0.416 e. The molecule has 0 fully saturated rings. The number of amides is 1. The van der Waals surface area contributed by atoms with Gasteiger partial charge in [0, 0.05) is 0 Å². The first-order chi connectivity index (χ1) is 9.77. The molecule has 1 N–H and O–H groups in total. The lowest BCUT2D eigenvalue weighted by Gasteiger charge is -2.11. The molecule has 2 aromatic rings. The topological polar surface area (TPSA) is 54.9 Å². The minimum Gasteiger partial charge on any atom is -0.319 e. The smallest absolute Gasteiger partial charge is 0.319 e. The van der Waals surface area contributed by atoms with Crippen LogP contribution in [0.5, 0.6) is 0 Å². The molecule has 0 unspecified atom stereocenters. The molecule has 21 heavy (non-hydrogen) atoms. The van der Waals surface area contributed by atoms with Crippen molar-refractivity contribution in [2.75, 3.05) is 5.32 Å². The maximum atomic E-state index is 12.6. The highest BCUT2D eigenvalue weighted by Crippen LogP contribution is 2.33. The third-order valence-corrected chi connectivity index (χ3v) is 2.90. The lowest BCUT2D eigenvalue weighted by Crippen LogP contribution is -2.15. The lowest BCUT2D eigenvalue weighted by atomic mass is 10.2. The van der Waals surface area contributed by atoms with E-state index in [9.17, 15) is 18.0 Å². The summed E-state index contributed by atoms with van der Waals surface area (Å²) in [6.45, 7) is 1.69. The number of halogens is 4. The van der Waals surface area contributed by atoms with E-state index in [2.05, 4.69) is 15.5 Å². The number of rotatable bonds is 2. The number of benzene rings is 1. The summed E-state index contributed by atoms with van der Waals surface area (Å²) in [6, 6.07) is 5.65. The van der Waals surface area contributed by atoms with Crippen molar-refractivity contribution < 1.29 is 18.0 Å². The molecule has 1 heterocycles. The van der Waals surface area contributed by atoms with Crippen LogP contribution in [0, 0.1) is 6.92 Å². The zero-order valence-electron chi connectivity index (χ0n) is 10.7. The van der Waals surface area contributed by atoms with Gasteiger partial charge >= 0.3 is 6.18 Å². The number of hydrogen-bond acceptors (Lipinski definition) is 3. The SMILES string of the molecule is Cc1ccc(C(=O)Nc2cc(C(F)(F)F)ccc2Cl)nn1. The fraction of sp³-hybridized carbons (Fsp3) is 0.154. The first kappa shape index (κ1) is 15.2. The molecule has 8 heteroatoms. The molecule has 0 atom stereocenters. The summed E-state index contributed by atoms with van der Waals surface area (Å²) in [5, 5.41) is 9.63. The van der Waals surface area contributed by atoms with E-state index in [1.54, 1.807) is 13.0 Å². The molecule has 110 valence electrons. The van der Waals surface area contributed by atoms with Gasteiger partial charge in [0.25, 0.3) is 5.91 Å². The van der Waals surface area contributed by atoms with Crippen molar-refractivity contribution in [1.82, 2.24) is 10.2 Å². The van der Waals surface area contributed by atoms with Crippen molar-refractivity contribution in [3.05, 3.63) is 52.3 Å². The van der Waals surface area contributed by atoms with E-state index in [4.69, 9.17) is 11.6 Å². The minimum absolute atomic E-state index is 0.00331. The highest BCUT2D eigenvalue weighted by molar-refractivity contribution is 6.33. The number of carbonyl (C=O) groups excluding carboxylic acids is 1. The molecular weight excluding hydrogens is 307 g/mol. The fourth-order valence-corrected chi connectivity index (χ4v) is 1.67. The molecule has 1 aromatic carbocycles. The molecule has 4 nitrogen and oxygen atoms in total. The van der Waals surface area contributed by atoms with Gasteiger partial charge in [0.05, 0.1) is 22.0 Å². The zero-order valence-corrected chi connectivity index (χ0v) is 11.5. The van der Waals surface area contributed by atoms with Crippen LogP contribution in [0.4, 0.5) is 18.9 Å². The average Bonchev–Trinajstić information content (AvgIpc) is 2.40. The van der Waals surface area contributed by atoms with E-state index in [0.717, 1.165) is 18.2 Å². The number of alkyl halides is 3. The van der Waals surface area contributed by atoms with Crippen LogP contribution in [-0.2, 0) is 6.18 Å². The van der Waals surface area contributed by atoms with Gasteiger partial charge in [-0.1, -0.05) is 11.6 Å². The van der Waals surface area contributed by atoms with Gasteiger partial charge in [0.1, 0.15) is 0 Å². The van der Waals surface area contributed by atoms with Crippen LogP contribution in [-0.4, -0.2) is 16.1 Å². The van der Waals surface area contributed by atoms with E-state index in [0.29, 0.717) is 5.69 Å². The molecule has 0 saturated heterocycles. The molecule has 0 saturated carbocycles.